The van der Waals surface area contributed by atoms with Crippen LogP contribution in [0.1, 0.15) is 53.4 Å². The predicted molar refractivity (Wildman–Crippen MR) is 78.1 cm³/mol. The summed E-state index contributed by atoms with van der Waals surface area (Å²) in [5, 5.41) is 0. The molecule has 108 valence electrons. The van der Waals surface area contributed by atoms with Gasteiger partial charge in [0.05, 0.1) is 17.9 Å². The first-order valence-electron chi connectivity index (χ1n) is 7.05. The third kappa shape index (κ3) is 4.16. The number of nitrogens with one attached hydrogen (secondary N) is 1. The van der Waals surface area contributed by atoms with Crippen LogP contribution in [-0.4, -0.2) is 25.1 Å². The fourth-order valence-corrected chi connectivity index (χ4v) is 2.46. The lowest BCUT2D eigenvalue weighted by Crippen LogP contribution is -2.34. The summed E-state index contributed by atoms with van der Waals surface area (Å²) in [6.07, 6.45) is 3.18. The van der Waals surface area contributed by atoms with Crippen LogP contribution in [0, 0.1) is 5.41 Å². The summed E-state index contributed by atoms with van der Waals surface area (Å²) < 4.78 is 0. The molecule has 1 aliphatic carbocycles. The molecule has 0 heterocycles. The number of carbonyl (C=O) groups excluding carboxylic acids is 1. The van der Waals surface area contributed by atoms with Gasteiger partial charge in [0, 0.05) is 19.2 Å². The van der Waals surface area contributed by atoms with Crippen LogP contribution in [0.2, 0.25) is 0 Å². The van der Waals surface area contributed by atoms with Crippen molar-refractivity contribution >= 4 is 11.5 Å². The molecule has 0 aromatic carbocycles. The molecule has 4 nitrogen and oxygen atoms in total. The van der Waals surface area contributed by atoms with Gasteiger partial charge in [0.1, 0.15) is 0 Å². The smallest absolute Gasteiger partial charge is 0.167 e. The second-order valence-electron chi connectivity index (χ2n) is 5.75. The van der Waals surface area contributed by atoms with Gasteiger partial charge in [-0.3, -0.25) is 20.1 Å². The van der Waals surface area contributed by atoms with Crippen molar-refractivity contribution in [2.24, 2.45) is 10.4 Å². The van der Waals surface area contributed by atoms with Crippen LogP contribution in [0.25, 0.3) is 0 Å². The molecule has 0 aromatic heterocycles. The fourth-order valence-electron chi connectivity index (χ4n) is 2.46. The minimum absolute atomic E-state index is 0.00162. The van der Waals surface area contributed by atoms with Gasteiger partial charge in [-0.15, -0.1) is 0 Å². The first-order chi connectivity index (χ1) is 8.95. The van der Waals surface area contributed by atoms with E-state index in [-0.39, 0.29) is 11.2 Å². The van der Waals surface area contributed by atoms with Crippen LogP contribution in [0.5, 0.6) is 0 Å². The Bertz CT molecular complexity index is 395. The van der Waals surface area contributed by atoms with Crippen molar-refractivity contribution in [1.29, 1.82) is 0 Å². The lowest BCUT2D eigenvalue weighted by molar-refractivity contribution is -0.117. The van der Waals surface area contributed by atoms with Gasteiger partial charge in [0.2, 0.25) is 0 Å². The van der Waals surface area contributed by atoms with Crippen LogP contribution < -0.4 is 5.48 Å². The van der Waals surface area contributed by atoms with E-state index in [0.717, 1.165) is 36.2 Å². The second-order valence-corrected chi connectivity index (χ2v) is 5.75. The van der Waals surface area contributed by atoms with Gasteiger partial charge in [0.25, 0.3) is 0 Å². The number of hydroxylamine groups is 1. The molecule has 0 spiro atoms. The fraction of sp³-hybridized carbons (Fsp3) is 0.733. The topological polar surface area (TPSA) is 50.7 Å². The lowest BCUT2D eigenvalue weighted by Gasteiger charge is -2.32. The SMILES string of the molecule is CCCC(NOCC)=C1C(=O)CC(C)(C)CC1=NC. The molecule has 1 saturated carbocycles. The van der Waals surface area contributed by atoms with E-state index in [1.54, 1.807) is 7.05 Å². The van der Waals surface area contributed by atoms with Crippen LogP contribution in [0.3, 0.4) is 0 Å². The molecule has 0 radical (unpaired) electrons. The first kappa shape index (κ1) is 15.9. The summed E-state index contributed by atoms with van der Waals surface area (Å²) in [7, 11) is 1.76. The maximum Gasteiger partial charge on any atom is 0.167 e. The highest BCUT2D eigenvalue weighted by molar-refractivity contribution is 6.24. The summed E-state index contributed by atoms with van der Waals surface area (Å²) in [4.78, 5) is 22.0. The van der Waals surface area contributed by atoms with Crippen molar-refractivity contribution in [2.45, 2.75) is 53.4 Å². The summed E-state index contributed by atoms with van der Waals surface area (Å²) >= 11 is 0. The Morgan fingerprint density at radius 2 is 2.05 bits per heavy atom. The van der Waals surface area contributed by atoms with Crippen LogP contribution in [-0.2, 0) is 9.63 Å². The molecular weight excluding hydrogens is 240 g/mol. The van der Waals surface area contributed by atoms with Crippen LogP contribution in [0.4, 0.5) is 0 Å². The second kappa shape index (κ2) is 6.85. The van der Waals surface area contributed by atoms with Crippen molar-refractivity contribution in [3.63, 3.8) is 0 Å². The summed E-state index contributed by atoms with van der Waals surface area (Å²) in [5.74, 6) is 0.174. The maximum absolute atomic E-state index is 12.4. The molecule has 1 N–H and O–H groups in total. The molecule has 1 rings (SSSR count). The highest BCUT2D eigenvalue weighted by atomic mass is 16.6. The number of carbonyl (C=O) groups is 1. The number of allylic oxidation sites excluding steroid dienone is 2. The molecule has 1 fully saturated rings. The van der Waals surface area contributed by atoms with Gasteiger partial charge in [-0.1, -0.05) is 27.2 Å². The monoisotopic (exact) mass is 266 g/mol. The number of hydrogen-bond donors (Lipinski definition) is 1. The highest BCUT2D eigenvalue weighted by Gasteiger charge is 2.35. The van der Waals surface area contributed by atoms with Crippen molar-refractivity contribution in [3.05, 3.63) is 11.3 Å². The summed E-state index contributed by atoms with van der Waals surface area (Å²) in [6, 6.07) is 0. The Hall–Kier alpha value is -1.16. The predicted octanol–water partition coefficient (Wildman–Crippen LogP) is 3.04. The van der Waals surface area contributed by atoms with Gasteiger partial charge in [-0.2, -0.15) is 0 Å². The molecule has 0 aromatic rings. The van der Waals surface area contributed by atoms with Gasteiger partial charge in [0.15, 0.2) is 5.78 Å². The van der Waals surface area contributed by atoms with Gasteiger partial charge < -0.3 is 0 Å². The van der Waals surface area contributed by atoms with E-state index in [0.29, 0.717) is 13.0 Å². The molecule has 0 unspecified atom stereocenters. The van der Waals surface area contributed by atoms with Crippen molar-refractivity contribution in [3.8, 4) is 0 Å². The average molecular weight is 266 g/mol. The summed E-state index contributed by atoms with van der Waals surface area (Å²) in [5.41, 5.74) is 5.47. The van der Waals surface area contributed by atoms with E-state index in [1.807, 2.05) is 6.92 Å². The molecule has 0 aliphatic heterocycles. The minimum atomic E-state index is -0.00162. The lowest BCUT2D eigenvalue weighted by atomic mass is 9.73. The minimum Gasteiger partial charge on any atom is -0.294 e. The zero-order valence-corrected chi connectivity index (χ0v) is 12.8. The zero-order valence-electron chi connectivity index (χ0n) is 12.8. The molecule has 0 saturated heterocycles. The van der Waals surface area contributed by atoms with Crippen molar-refractivity contribution in [2.75, 3.05) is 13.7 Å². The van der Waals surface area contributed by atoms with Gasteiger partial charge >= 0.3 is 0 Å². The largest absolute Gasteiger partial charge is 0.294 e. The standard InChI is InChI=1S/C15H26N2O2/c1-6-8-11(17-19-7-2)14-12(16-5)9-15(3,4)10-13(14)18/h17H,6-10H2,1-5H3. The molecular formula is C15H26N2O2. The first-order valence-corrected chi connectivity index (χ1v) is 7.05. The van der Waals surface area contributed by atoms with E-state index in [2.05, 4.69) is 31.2 Å². The number of Topliss-reactive ketones (excluding diaryl/α,β-unsaturated/α-hetero) is 1. The third-order valence-corrected chi connectivity index (χ3v) is 3.26. The van der Waals surface area contributed by atoms with Gasteiger partial charge in [-0.05, 0) is 25.2 Å². The number of rotatable bonds is 5. The van der Waals surface area contributed by atoms with Crippen molar-refractivity contribution in [1.82, 2.24) is 5.48 Å². The number of aliphatic imine (C=N–C) groups is 1. The van der Waals surface area contributed by atoms with Crippen LogP contribution in [0.15, 0.2) is 16.3 Å². The Kier molecular flexibility index (Phi) is 5.73. The van der Waals surface area contributed by atoms with Crippen LogP contribution >= 0.6 is 0 Å². The third-order valence-electron chi connectivity index (χ3n) is 3.26. The quantitative estimate of drug-likeness (QED) is 0.614. The van der Waals surface area contributed by atoms with E-state index >= 15 is 0 Å². The van der Waals surface area contributed by atoms with E-state index in [9.17, 15) is 4.79 Å². The Morgan fingerprint density at radius 1 is 1.37 bits per heavy atom. The van der Waals surface area contributed by atoms with E-state index in [4.69, 9.17) is 4.84 Å². The molecule has 0 amide bonds. The normalized spacial score (nSPS) is 23.6. The zero-order chi connectivity index (χ0) is 14.5. The number of nitrogens with zero attached hydrogens (tertiary/aromatic N) is 1. The molecule has 4 heteroatoms. The molecule has 0 bridgehead atoms. The number of hydrogen-bond acceptors (Lipinski definition) is 4. The van der Waals surface area contributed by atoms with Crippen molar-refractivity contribution < 1.29 is 9.63 Å². The summed E-state index contributed by atoms with van der Waals surface area (Å²) in [6.45, 7) is 8.81. The Labute approximate surface area is 116 Å². The van der Waals surface area contributed by atoms with E-state index in [1.165, 1.54) is 0 Å². The Morgan fingerprint density at radius 3 is 2.58 bits per heavy atom. The van der Waals surface area contributed by atoms with E-state index < -0.39 is 0 Å². The average Bonchev–Trinajstić information content (AvgIpc) is 2.33. The molecule has 0 atom stereocenters. The maximum atomic E-state index is 12.4. The molecule has 1 aliphatic rings. The highest BCUT2D eigenvalue weighted by Crippen LogP contribution is 2.35. The Balaban J connectivity index is 3.13. The number of ketones is 1. The van der Waals surface area contributed by atoms with Gasteiger partial charge in [-0.25, -0.2) is 0 Å². The molecule has 19 heavy (non-hydrogen) atoms.